The molecule has 1 aromatic rings. The van der Waals surface area contributed by atoms with E-state index in [1.807, 2.05) is 23.1 Å². The Hall–Kier alpha value is -2.32. The monoisotopic (exact) mass is 388 g/mol. The molecule has 4 heterocycles. The zero-order chi connectivity index (χ0) is 19.3. The molecule has 8 nitrogen and oxygen atoms in total. The Kier molecular flexibility index (Phi) is 4.40. The minimum absolute atomic E-state index is 0.0534. The molecule has 4 aliphatic heterocycles. The Morgan fingerprint density at radius 3 is 2.46 bits per heavy atom. The number of nitrogens with zero attached hydrogens (tertiary/aromatic N) is 2. The molecule has 4 aliphatic rings. The molecule has 4 atom stereocenters. The molecule has 1 aromatic carbocycles. The predicted molar refractivity (Wildman–Crippen MR) is 96.9 cm³/mol. The lowest BCUT2D eigenvalue weighted by Gasteiger charge is -2.37. The fourth-order valence-electron chi connectivity index (χ4n) is 4.94. The standard InChI is InChI=1S/C20H24N2O6/c23-19(17-14-3-4-15(28-14)18(17)20(24)25)22-7-5-21(6-8-22)10-12-1-2-13-16(9-12)27-11-26-13/h1-2,9,14-15,17-18H,3-8,10-11H2,(H,24,25)/t14-,15+,17-,18+/m1/s1. The number of hydrogen-bond donors (Lipinski definition) is 1. The van der Waals surface area contributed by atoms with Gasteiger partial charge in [-0.1, -0.05) is 6.07 Å². The van der Waals surface area contributed by atoms with Crippen molar-refractivity contribution in [3.05, 3.63) is 23.8 Å². The fourth-order valence-corrected chi connectivity index (χ4v) is 4.94. The first-order valence-corrected chi connectivity index (χ1v) is 9.88. The van der Waals surface area contributed by atoms with Gasteiger partial charge >= 0.3 is 5.97 Å². The van der Waals surface area contributed by atoms with Crippen LogP contribution in [0, 0.1) is 11.8 Å². The van der Waals surface area contributed by atoms with Gasteiger partial charge in [0.25, 0.3) is 0 Å². The molecule has 2 bridgehead atoms. The largest absolute Gasteiger partial charge is 0.481 e. The van der Waals surface area contributed by atoms with Gasteiger partial charge in [-0.05, 0) is 30.5 Å². The zero-order valence-corrected chi connectivity index (χ0v) is 15.6. The summed E-state index contributed by atoms with van der Waals surface area (Å²) in [6.07, 6.45) is 0.998. The van der Waals surface area contributed by atoms with Gasteiger partial charge in [-0.3, -0.25) is 14.5 Å². The van der Waals surface area contributed by atoms with E-state index in [9.17, 15) is 14.7 Å². The third-order valence-corrected chi connectivity index (χ3v) is 6.37. The molecular weight excluding hydrogens is 364 g/mol. The summed E-state index contributed by atoms with van der Waals surface area (Å²) in [5.74, 6) is -0.633. The first-order chi connectivity index (χ1) is 13.6. The molecule has 0 aliphatic carbocycles. The summed E-state index contributed by atoms with van der Waals surface area (Å²) in [6.45, 7) is 3.81. The van der Waals surface area contributed by atoms with Crippen LogP contribution < -0.4 is 9.47 Å². The van der Waals surface area contributed by atoms with Crippen molar-refractivity contribution in [3.63, 3.8) is 0 Å². The van der Waals surface area contributed by atoms with E-state index in [1.165, 1.54) is 0 Å². The summed E-state index contributed by atoms with van der Waals surface area (Å²) < 4.78 is 16.5. The average Bonchev–Trinajstić information content (AvgIpc) is 3.43. The normalized spacial score (nSPS) is 31.4. The molecule has 0 unspecified atom stereocenters. The molecule has 28 heavy (non-hydrogen) atoms. The van der Waals surface area contributed by atoms with Crippen molar-refractivity contribution in [2.75, 3.05) is 33.0 Å². The lowest BCUT2D eigenvalue weighted by Crippen LogP contribution is -2.53. The summed E-state index contributed by atoms with van der Waals surface area (Å²) in [5.41, 5.74) is 1.15. The topological polar surface area (TPSA) is 88.5 Å². The van der Waals surface area contributed by atoms with Crippen molar-refractivity contribution in [2.24, 2.45) is 11.8 Å². The van der Waals surface area contributed by atoms with E-state index >= 15 is 0 Å². The summed E-state index contributed by atoms with van der Waals surface area (Å²) in [4.78, 5) is 28.8. The second-order valence-corrected chi connectivity index (χ2v) is 7.97. The summed E-state index contributed by atoms with van der Waals surface area (Å²) in [7, 11) is 0. The highest BCUT2D eigenvalue weighted by Gasteiger charge is 2.56. The van der Waals surface area contributed by atoms with Crippen molar-refractivity contribution in [3.8, 4) is 11.5 Å². The van der Waals surface area contributed by atoms with E-state index in [-0.39, 0.29) is 24.9 Å². The van der Waals surface area contributed by atoms with Crippen LogP contribution in [-0.2, 0) is 20.9 Å². The first kappa shape index (κ1) is 17.8. The fraction of sp³-hybridized carbons (Fsp3) is 0.600. The van der Waals surface area contributed by atoms with Crippen LogP contribution in [0.2, 0.25) is 0 Å². The van der Waals surface area contributed by atoms with E-state index in [1.54, 1.807) is 0 Å². The van der Waals surface area contributed by atoms with Crippen molar-refractivity contribution >= 4 is 11.9 Å². The number of hydrogen-bond acceptors (Lipinski definition) is 6. The Bertz CT molecular complexity index is 791. The molecule has 150 valence electrons. The van der Waals surface area contributed by atoms with Crippen LogP contribution in [0.3, 0.4) is 0 Å². The minimum atomic E-state index is -0.910. The van der Waals surface area contributed by atoms with E-state index in [0.29, 0.717) is 13.1 Å². The van der Waals surface area contributed by atoms with Gasteiger partial charge in [0.05, 0.1) is 24.0 Å². The van der Waals surface area contributed by atoms with Gasteiger partial charge in [-0.2, -0.15) is 0 Å². The van der Waals surface area contributed by atoms with Crippen molar-refractivity contribution in [2.45, 2.75) is 31.6 Å². The molecule has 3 saturated heterocycles. The predicted octanol–water partition coefficient (Wildman–Crippen LogP) is 0.938. The van der Waals surface area contributed by atoms with Gasteiger partial charge in [-0.15, -0.1) is 0 Å². The molecule has 0 saturated carbocycles. The van der Waals surface area contributed by atoms with Gasteiger partial charge in [0, 0.05) is 32.7 Å². The summed E-state index contributed by atoms with van der Waals surface area (Å²) >= 11 is 0. The maximum absolute atomic E-state index is 13.0. The number of ether oxygens (including phenoxy) is 3. The molecular formula is C20H24N2O6. The summed E-state index contributed by atoms with van der Waals surface area (Å²) in [5, 5.41) is 9.55. The van der Waals surface area contributed by atoms with E-state index in [4.69, 9.17) is 14.2 Å². The lowest BCUT2D eigenvalue weighted by atomic mass is 9.78. The van der Waals surface area contributed by atoms with Crippen LogP contribution in [0.25, 0.3) is 0 Å². The zero-order valence-electron chi connectivity index (χ0n) is 15.6. The second kappa shape index (κ2) is 6.93. The van der Waals surface area contributed by atoms with Crippen LogP contribution in [-0.4, -0.2) is 72.0 Å². The molecule has 0 aromatic heterocycles. The number of aliphatic carboxylic acids is 1. The van der Waals surface area contributed by atoms with Gasteiger partial charge in [0.15, 0.2) is 11.5 Å². The number of fused-ring (bicyclic) bond motifs is 3. The van der Waals surface area contributed by atoms with E-state index < -0.39 is 17.8 Å². The summed E-state index contributed by atoms with van der Waals surface area (Å²) in [6, 6.07) is 5.97. The number of carbonyl (C=O) groups excluding carboxylic acids is 1. The van der Waals surface area contributed by atoms with Crippen LogP contribution >= 0.6 is 0 Å². The first-order valence-electron chi connectivity index (χ1n) is 9.88. The number of carbonyl (C=O) groups is 2. The van der Waals surface area contributed by atoms with Gasteiger partial charge in [0.2, 0.25) is 12.7 Å². The number of amides is 1. The lowest BCUT2D eigenvalue weighted by molar-refractivity contribution is -0.151. The van der Waals surface area contributed by atoms with Crippen molar-refractivity contribution in [1.29, 1.82) is 0 Å². The maximum Gasteiger partial charge on any atom is 0.310 e. The molecule has 1 amide bonds. The SMILES string of the molecule is O=C(O)[C@@H]1[C@H](C(=O)N2CCN(Cc3ccc4c(c3)OCO4)CC2)[C@H]2CC[C@@H]1O2. The third-order valence-electron chi connectivity index (χ3n) is 6.37. The quantitative estimate of drug-likeness (QED) is 0.821. The molecule has 0 radical (unpaired) electrons. The Morgan fingerprint density at radius 1 is 1.00 bits per heavy atom. The van der Waals surface area contributed by atoms with E-state index in [2.05, 4.69) is 4.90 Å². The number of carboxylic acid groups (broad SMARTS) is 1. The molecule has 3 fully saturated rings. The molecule has 5 rings (SSSR count). The second-order valence-electron chi connectivity index (χ2n) is 7.97. The number of benzene rings is 1. The minimum Gasteiger partial charge on any atom is -0.481 e. The highest BCUT2D eigenvalue weighted by molar-refractivity contribution is 5.86. The number of rotatable bonds is 4. The highest BCUT2D eigenvalue weighted by Crippen LogP contribution is 2.44. The number of carboxylic acids is 1. The van der Waals surface area contributed by atoms with Gasteiger partial charge < -0.3 is 24.2 Å². The van der Waals surface area contributed by atoms with Crippen LogP contribution in [0.1, 0.15) is 18.4 Å². The molecule has 0 spiro atoms. The van der Waals surface area contributed by atoms with Gasteiger partial charge in [0.1, 0.15) is 0 Å². The van der Waals surface area contributed by atoms with Crippen LogP contribution in [0.15, 0.2) is 18.2 Å². The van der Waals surface area contributed by atoms with Crippen LogP contribution in [0.5, 0.6) is 11.5 Å². The molecule has 8 heteroatoms. The van der Waals surface area contributed by atoms with Gasteiger partial charge in [-0.25, -0.2) is 0 Å². The number of piperazine rings is 1. The van der Waals surface area contributed by atoms with Crippen molar-refractivity contribution < 1.29 is 28.9 Å². The Labute approximate surface area is 162 Å². The van der Waals surface area contributed by atoms with Crippen molar-refractivity contribution in [1.82, 2.24) is 9.80 Å². The molecule has 1 N–H and O–H groups in total. The third kappa shape index (κ3) is 3.00. The highest BCUT2D eigenvalue weighted by atomic mass is 16.7. The Balaban J connectivity index is 1.19. The van der Waals surface area contributed by atoms with Crippen LogP contribution in [0.4, 0.5) is 0 Å². The Morgan fingerprint density at radius 2 is 1.71 bits per heavy atom. The maximum atomic E-state index is 13.0. The van der Waals surface area contributed by atoms with E-state index in [0.717, 1.165) is 49.5 Å². The average molecular weight is 388 g/mol. The smallest absolute Gasteiger partial charge is 0.310 e.